The summed E-state index contributed by atoms with van der Waals surface area (Å²) < 4.78 is 20.7. The minimum atomic E-state index is -0.449. The molecule has 1 aromatic carbocycles. The van der Waals surface area contributed by atoms with Gasteiger partial charge in [0.2, 0.25) is 0 Å². The molecule has 4 nitrogen and oxygen atoms in total. The van der Waals surface area contributed by atoms with Crippen molar-refractivity contribution in [3.05, 3.63) is 40.7 Å². The molecule has 0 bridgehead atoms. The highest BCUT2D eigenvalue weighted by Gasteiger charge is 2.14. The van der Waals surface area contributed by atoms with E-state index in [1.807, 2.05) is 0 Å². The summed E-state index contributed by atoms with van der Waals surface area (Å²) in [6.07, 6.45) is 7.12. The Labute approximate surface area is 122 Å². The van der Waals surface area contributed by atoms with Crippen molar-refractivity contribution in [1.82, 2.24) is 9.55 Å². The zero-order chi connectivity index (χ0) is 14.7. The Balaban J connectivity index is 1.64. The molecule has 0 saturated carbocycles. The largest absolute Gasteiger partial charge is 0.378 e. The molecule has 0 unspecified atom stereocenters. The van der Waals surface area contributed by atoms with Gasteiger partial charge in [0.15, 0.2) is 0 Å². The van der Waals surface area contributed by atoms with Crippen molar-refractivity contribution < 1.29 is 9.13 Å². The maximum absolute atomic E-state index is 13.6. The Morgan fingerprint density at radius 1 is 1.38 bits per heavy atom. The summed E-state index contributed by atoms with van der Waals surface area (Å²) in [6.45, 7) is 1.50. The first-order valence-electron chi connectivity index (χ1n) is 7.51. The zero-order valence-corrected chi connectivity index (χ0v) is 11.9. The van der Waals surface area contributed by atoms with Gasteiger partial charge in [-0.3, -0.25) is 9.36 Å². The lowest BCUT2D eigenvalue weighted by Crippen LogP contribution is -2.21. The van der Waals surface area contributed by atoms with Crippen LogP contribution in [-0.2, 0) is 11.3 Å². The van der Waals surface area contributed by atoms with E-state index < -0.39 is 5.82 Å². The quantitative estimate of drug-likeness (QED) is 0.795. The summed E-state index contributed by atoms with van der Waals surface area (Å²) in [4.78, 5) is 16.3. The lowest BCUT2D eigenvalue weighted by Gasteiger charge is -2.10. The van der Waals surface area contributed by atoms with Crippen molar-refractivity contribution in [2.75, 3.05) is 6.61 Å². The highest BCUT2D eigenvalue weighted by atomic mass is 19.1. The van der Waals surface area contributed by atoms with Crippen LogP contribution < -0.4 is 5.56 Å². The normalized spacial score (nSPS) is 18.4. The van der Waals surface area contributed by atoms with Gasteiger partial charge in [0.25, 0.3) is 5.56 Å². The standard InChI is InChI=1S/C16H19FN2O2/c17-14-8-3-7-13-15(14)18-11-19(16(13)20)9-2-1-5-12-6-4-10-21-12/h3,7-8,11-12H,1-2,4-6,9-10H2/t12-/m0/s1. The molecule has 2 heterocycles. The first kappa shape index (κ1) is 14.2. The zero-order valence-electron chi connectivity index (χ0n) is 11.9. The number of hydrogen-bond donors (Lipinski definition) is 0. The molecule has 0 spiro atoms. The van der Waals surface area contributed by atoms with Crippen molar-refractivity contribution in [2.24, 2.45) is 0 Å². The van der Waals surface area contributed by atoms with E-state index in [0.717, 1.165) is 38.7 Å². The van der Waals surface area contributed by atoms with E-state index in [0.29, 0.717) is 18.0 Å². The van der Waals surface area contributed by atoms with E-state index in [-0.39, 0.29) is 11.1 Å². The Bertz CT molecular complexity index is 678. The third-order valence-electron chi connectivity index (χ3n) is 4.00. The molecule has 112 valence electrons. The van der Waals surface area contributed by atoms with E-state index in [2.05, 4.69) is 4.98 Å². The Morgan fingerprint density at radius 2 is 2.29 bits per heavy atom. The summed E-state index contributed by atoms with van der Waals surface area (Å²) in [5, 5.41) is 0.344. The first-order chi connectivity index (χ1) is 10.3. The van der Waals surface area contributed by atoms with Crippen LogP contribution in [0.2, 0.25) is 0 Å². The topological polar surface area (TPSA) is 44.1 Å². The van der Waals surface area contributed by atoms with Crippen molar-refractivity contribution >= 4 is 10.9 Å². The summed E-state index contributed by atoms with van der Waals surface area (Å²) in [7, 11) is 0. The van der Waals surface area contributed by atoms with Crippen LogP contribution in [0.5, 0.6) is 0 Å². The molecule has 0 amide bonds. The number of aryl methyl sites for hydroxylation is 1. The summed E-state index contributed by atoms with van der Waals surface area (Å²) in [6, 6.07) is 4.49. The molecule has 1 aliphatic rings. The smallest absolute Gasteiger partial charge is 0.261 e. The second kappa shape index (κ2) is 6.35. The van der Waals surface area contributed by atoms with Gasteiger partial charge in [-0.25, -0.2) is 9.37 Å². The second-order valence-electron chi connectivity index (χ2n) is 5.51. The number of rotatable bonds is 5. The van der Waals surface area contributed by atoms with Crippen LogP contribution in [0.1, 0.15) is 32.1 Å². The van der Waals surface area contributed by atoms with Gasteiger partial charge in [-0.05, 0) is 44.2 Å². The van der Waals surface area contributed by atoms with E-state index in [1.165, 1.54) is 12.4 Å². The van der Waals surface area contributed by atoms with Gasteiger partial charge in [-0.2, -0.15) is 0 Å². The number of benzene rings is 1. The van der Waals surface area contributed by atoms with Gasteiger partial charge in [-0.1, -0.05) is 6.07 Å². The highest BCUT2D eigenvalue weighted by Crippen LogP contribution is 2.18. The molecule has 3 rings (SSSR count). The average Bonchev–Trinajstić information content (AvgIpc) is 3.00. The lowest BCUT2D eigenvalue weighted by atomic mass is 10.1. The number of ether oxygens (including phenoxy) is 1. The molecule has 5 heteroatoms. The average molecular weight is 290 g/mol. The number of nitrogens with zero attached hydrogens (tertiary/aromatic N) is 2. The van der Waals surface area contributed by atoms with Gasteiger partial charge in [0.1, 0.15) is 11.3 Å². The van der Waals surface area contributed by atoms with Gasteiger partial charge >= 0.3 is 0 Å². The first-order valence-corrected chi connectivity index (χ1v) is 7.51. The second-order valence-corrected chi connectivity index (χ2v) is 5.51. The Kier molecular flexibility index (Phi) is 4.29. The summed E-state index contributed by atoms with van der Waals surface area (Å²) in [5.41, 5.74) is -0.0188. The molecule has 2 aromatic rings. The van der Waals surface area contributed by atoms with E-state index in [9.17, 15) is 9.18 Å². The molecule has 0 aliphatic carbocycles. The van der Waals surface area contributed by atoms with Crippen molar-refractivity contribution in [3.63, 3.8) is 0 Å². The fourth-order valence-corrected chi connectivity index (χ4v) is 2.84. The van der Waals surface area contributed by atoms with E-state index >= 15 is 0 Å². The third kappa shape index (κ3) is 3.13. The summed E-state index contributed by atoms with van der Waals surface area (Å²) in [5.74, 6) is -0.449. The number of hydrogen-bond acceptors (Lipinski definition) is 3. The van der Waals surface area contributed by atoms with Crippen LogP contribution in [-0.4, -0.2) is 22.3 Å². The van der Waals surface area contributed by atoms with Gasteiger partial charge in [0.05, 0.1) is 17.8 Å². The predicted octanol–water partition coefficient (Wildman–Crippen LogP) is 2.88. The number of fused-ring (bicyclic) bond motifs is 1. The maximum atomic E-state index is 13.6. The minimum Gasteiger partial charge on any atom is -0.378 e. The Hall–Kier alpha value is -1.75. The Morgan fingerprint density at radius 3 is 3.10 bits per heavy atom. The molecule has 1 fully saturated rings. The minimum absolute atomic E-state index is 0.151. The molecule has 1 aromatic heterocycles. The van der Waals surface area contributed by atoms with Crippen molar-refractivity contribution in [1.29, 1.82) is 0 Å². The molecular weight excluding hydrogens is 271 g/mol. The molecule has 21 heavy (non-hydrogen) atoms. The molecule has 1 atom stereocenters. The summed E-state index contributed by atoms with van der Waals surface area (Å²) >= 11 is 0. The van der Waals surface area contributed by atoms with Crippen molar-refractivity contribution in [2.45, 2.75) is 44.8 Å². The maximum Gasteiger partial charge on any atom is 0.261 e. The number of unbranched alkanes of at least 4 members (excludes halogenated alkanes) is 1. The van der Waals surface area contributed by atoms with Gasteiger partial charge in [0, 0.05) is 13.2 Å². The van der Waals surface area contributed by atoms with Crippen LogP contribution in [0, 0.1) is 5.82 Å². The van der Waals surface area contributed by atoms with Crippen LogP contribution in [0.3, 0.4) is 0 Å². The van der Waals surface area contributed by atoms with Crippen LogP contribution >= 0.6 is 0 Å². The monoisotopic (exact) mass is 290 g/mol. The van der Waals surface area contributed by atoms with Crippen molar-refractivity contribution in [3.8, 4) is 0 Å². The molecule has 0 radical (unpaired) electrons. The third-order valence-corrected chi connectivity index (χ3v) is 4.00. The van der Waals surface area contributed by atoms with Gasteiger partial charge in [-0.15, -0.1) is 0 Å². The SMILES string of the molecule is O=c1c2cccc(F)c2ncn1CCCC[C@H]1CCCO1. The lowest BCUT2D eigenvalue weighted by molar-refractivity contribution is 0.102. The van der Waals surface area contributed by atoms with Crippen LogP contribution in [0.15, 0.2) is 29.3 Å². The molecule has 1 aliphatic heterocycles. The van der Waals surface area contributed by atoms with Crippen LogP contribution in [0.25, 0.3) is 10.9 Å². The van der Waals surface area contributed by atoms with E-state index in [1.54, 1.807) is 16.7 Å². The molecular formula is C16H19FN2O2. The fraction of sp³-hybridized carbons (Fsp3) is 0.500. The van der Waals surface area contributed by atoms with Gasteiger partial charge < -0.3 is 4.74 Å². The molecule has 0 N–H and O–H groups in total. The molecule has 1 saturated heterocycles. The fourth-order valence-electron chi connectivity index (χ4n) is 2.84. The predicted molar refractivity (Wildman–Crippen MR) is 78.8 cm³/mol. The van der Waals surface area contributed by atoms with E-state index in [4.69, 9.17) is 4.74 Å². The van der Waals surface area contributed by atoms with Crippen LogP contribution in [0.4, 0.5) is 4.39 Å². The number of para-hydroxylation sites is 1. The highest BCUT2D eigenvalue weighted by molar-refractivity contribution is 5.77. The number of halogens is 1. The number of aromatic nitrogens is 2.